The van der Waals surface area contributed by atoms with Crippen LogP contribution in [0.25, 0.3) is 11.0 Å². The first kappa shape index (κ1) is 18.3. The van der Waals surface area contributed by atoms with Gasteiger partial charge in [-0.2, -0.15) is 0 Å². The van der Waals surface area contributed by atoms with Crippen molar-refractivity contribution in [1.29, 1.82) is 0 Å². The lowest BCUT2D eigenvalue weighted by molar-refractivity contribution is 0.355. The van der Waals surface area contributed by atoms with Crippen LogP contribution in [0.4, 0.5) is 0 Å². The van der Waals surface area contributed by atoms with Crippen molar-refractivity contribution in [2.75, 3.05) is 14.2 Å². The van der Waals surface area contributed by atoms with Crippen LogP contribution >= 0.6 is 0 Å². The van der Waals surface area contributed by atoms with Crippen molar-refractivity contribution >= 4 is 11.0 Å². The van der Waals surface area contributed by atoms with Gasteiger partial charge in [0.15, 0.2) is 11.5 Å². The highest BCUT2D eigenvalue weighted by molar-refractivity contribution is 5.81. The van der Waals surface area contributed by atoms with Gasteiger partial charge in [-0.05, 0) is 24.0 Å². The van der Waals surface area contributed by atoms with Gasteiger partial charge in [-0.1, -0.05) is 38.1 Å². The maximum absolute atomic E-state index is 6.19. The first-order valence-corrected chi connectivity index (χ1v) is 8.91. The van der Waals surface area contributed by atoms with E-state index in [4.69, 9.17) is 20.2 Å². The lowest BCUT2D eigenvalue weighted by Crippen LogP contribution is -2.14. The molecule has 1 aromatic heterocycles. The molecular weight excluding hydrogens is 326 g/mol. The first-order chi connectivity index (χ1) is 12.4. The zero-order valence-electron chi connectivity index (χ0n) is 16.1. The maximum atomic E-state index is 6.19. The SMILES string of the molecule is COc1cc2nc(C(C)N)n(Cc3ccc(C(C)C)cc3)c2cc1OC. The summed E-state index contributed by atoms with van der Waals surface area (Å²) in [4.78, 5) is 4.74. The second-order valence-corrected chi connectivity index (χ2v) is 6.94. The molecule has 26 heavy (non-hydrogen) atoms. The van der Waals surface area contributed by atoms with Crippen LogP contribution in [0.3, 0.4) is 0 Å². The molecule has 5 nitrogen and oxygen atoms in total. The van der Waals surface area contributed by atoms with Gasteiger partial charge in [0.2, 0.25) is 0 Å². The quantitative estimate of drug-likeness (QED) is 0.720. The van der Waals surface area contributed by atoms with E-state index < -0.39 is 0 Å². The van der Waals surface area contributed by atoms with Gasteiger partial charge in [0.1, 0.15) is 5.82 Å². The highest BCUT2D eigenvalue weighted by atomic mass is 16.5. The molecule has 0 amide bonds. The van der Waals surface area contributed by atoms with Crippen molar-refractivity contribution < 1.29 is 9.47 Å². The van der Waals surface area contributed by atoms with Gasteiger partial charge in [0.25, 0.3) is 0 Å². The van der Waals surface area contributed by atoms with Crippen LogP contribution in [0, 0.1) is 0 Å². The maximum Gasteiger partial charge on any atom is 0.163 e. The van der Waals surface area contributed by atoms with Crippen molar-refractivity contribution in [1.82, 2.24) is 9.55 Å². The van der Waals surface area contributed by atoms with Gasteiger partial charge in [-0.25, -0.2) is 4.98 Å². The molecule has 0 saturated heterocycles. The first-order valence-electron chi connectivity index (χ1n) is 8.91. The third-order valence-corrected chi connectivity index (χ3v) is 4.68. The van der Waals surface area contributed by atoms with E-state index in [1.54, 1.807) is 14.2 Å². The van der Waals surface area contributed by atoms with Crippen LogP contribution in [-0.2, 0) is 6.54 Å². The number of hydrogen-bond acceptors (Lipinski definition) is 4. The molecule has 0 aliphatic carbocycles. The Kier molecular flexibility index (Phi) is 5.18. The Labute approximate surface area is 154 Å². The minimum absolute atomic E-state index is 0.172. The number of methoxy groups -OCH3 is 2. The number of hydrogen-bond donors (Lipinski definition) is 1. The minimum Gasteiger partial charge on any atom is -0.493 e. The largest absolute Gasteiger partial charge is 0.493 e. The fourth-order valence-corrected chi connectivity index (χ4v) is 3.17. The van der Waals surface area contributed by atoms with Crippen LogP contribution in [-0.4, -0.2) is 23.8 Å². The summed E-state index contributed by atoms with van der Waals surface area (Å²) in [5.74, 6) is 2.73. The Morgan fingerprint density at radius 1 is 1.00 bits per heavy atom. The molecule has 3 rings (SSSR count). The summed E-state index contributed by atoms with van der Waals surface area (Å²) >= 11 is 0. The highest BCUT2D eigenvalue weighted by Crippen LogP contribution is 2.33. The number of rotatable bonds is 6. The lowest BCUT2D eigenvalue weighted by atomic mass is 10.0. The number of aromatic nitrogens is 2. The van der Waals surface area contributed by atoms with E-state index in [1.807, 2.05) is 19.1 Å². The van der Waals surface area contributed by atoms with Crippen molar-refractivity contribution in [3.8, 4) is 11.5 Å². The summed E-state index contributed by atoms with van der Waals surface area (Å²) in [5.41, 5.74) is 10.6. The lowest BCUT2D eigenvalue weighted by Gasteiger charge is -2.13. The molecule has 0 fully saturated rings. The fourth-order valence-electron chi connectivity index (χ4n) is 3.17. The molecule has 0 aliphatic heterocycles. The number of nitrogens with two attached hydrogens (primary N) is 1. The van der Waals surface area contributed by atoms with Gasteiger partial charge in [0.05, 0.1) is 31.3 Å². The van der Waals surface area contributed by atoms with Crippen LogP contribution in [0.1, 0.15) is 49.7 Å². The van der Waals surface area contributed by atoms with Crippen LogP contribution < -0.4 is 15.2 Å². The molecule has 1 heterocycles. The van der Waals surface area contributed by atoms with Crippen molar-refractivity contribution in [3.05, 3.63) is 53.3 Å². The van der Waals surface area contributed by atoms with Crippen molar-refractivity contribution in [2.24, 2.45) is 5.73 Å². The fraction of sp³-hybridized carbons (Fsp3) is 0.381. The molecule has 2 aromatic carbocycles. The van der Waals surface area contributed by atoms with E-state index in [9.17, 15) is 0 Å². The molecule has 0 aliphatic rings. The monoisotopic (exact) mass is 353 g/mol. The average Bonchev–Trinajstić information content (AvgIpc) is 2.98. The summed E-state index contributed by atoms with van der Waals surface area (Å²) in [6.45, 7) is 7.06. The van der Waals surface area contributed by atoms with Gasteiger partial charge >= 0.3 is 0 Å². The number of imidazole rings is 1. The molecule has 1 unspecified atom stereocenters. The Morgan fingerprint density at radius 3 is 2.15 bits per heavy atom. The zero-order valence-corrected chi connectivity index (χ0v) is 16.1. The molecule has 0 saturated carbocycles. The van der Waals surface area contributed by atoms with E-state index in [1.165, 1.54) is 11.1 Å². The van der Waals surface area contributed by atoms with Crippen LogP contribution in [0.5, 0.6) is 11.5 Å². The van der Waals surface area contributed by atoms with Gasteiger partial charge in [-0.15, -0.1) is 0 Å². The topological polar surface area (TPSA) is 62.3 Å². The Bertz CT molecular complexity index is 896. The van der Waals surface area contributed by atoms with Crippen LogP contribution in [0.15, 0.2) is 36.4 Å². The van der Waals surface area contributed by atoms with Gasteiger partial charge in [-0.3, -0.25) is 0 Å². The number of fused-ring (bicyclic) bond motifs is 1. The molecule has 2 N–H and O–H groups in total. The van der Waals surface area contributed by atoms with E-state index >= 15 is 0 Å². The third-order valence-electron chi connectivity index (χ3n) is 4.68. The van der Waals surface area contributed by atoms with Crippen molar-refractivity contribution in [2.45, 2.75) is 39.3 Å². The number of ether oxygens (including phenoxy) is 2. The van der Waals surface area contributed by atoms with E-state index in [0.29, 0.717) is 24.0 Å². The smallest absolute Gasteiger partial charge is 0.163 e. The molecule has 1 atom stereocenters. The Morgan fingerprint density at radius 2 is 1.62 bits per heavy atom. The summed E-state index contributed by atoms with van der Waals surface area (Å²) < 4.78 is 13.0. The number of benzene rings is 2. The molecular formula is C21H27N3O2. The normalized spacial score (nSPS) is 12.6. The summed E-state index contributed by atoms with van der Waals surface area (Å²) in [6, 6.07) is 12.4. The summed E-state index contributed by atoms with van der Waals surface area (Å²) in [6.07, 6.45) is 0. The molecule has 0 spiro atoms. The molecule has 0 radical (unpaired) electrons. The second-order valence-electron chi connectivity index (χ2n) is 6.94. The Balaban J connectivity index is 2.08. The van der Waals surface area contributed by atoms with E-state index in [0.717, 1.165) is 16.9 Å². The Hall–Kier alpha value is -2.53. The zero-order chi connectivity index (χ0) is 18.8. The third kappa shape index (κ3) is 3.40. The minimum atomic E-state index is -0.172. The van der Waals surface area contributed by atoms with E-state index in [-0.39, 0.29) is 6.04 Å². The molecule has 3 aromatic rings. The average molecular weight is 353 g/mol. The summed E-state index contributed by atoms with van der Waals surface area (Å²) in [7, 11) is 3.27. The van der Waals surface area contributed by atoms with Gasteiger partial charge < -0.3 is 19.8 Å². The molecule has 5 heteroatoms. The van der Waals surface area contributed by atoms with E-state index in [2.05, 4.69) is 42.7 Å². The predicted molar refractivity (Wildman–Crippen MR) is 105 cm³/mol. The molecule has 138 valence electrons. The standard InChI is InChI=1S/C21H27N3O2/c1-13(2)16-8-6-15(7-9-16)12-24-18-11-20(26-5)19(25-4)10-17(18)23-21(24)14(3)22/h6-11,13-14H,12,22H2,1-5H3. The van der Waals surface area contributed by atoms with Crippen LogP contribution in [0.2, 0.25) is 0 Å². The van der Waals surface area contributed by atoms with Gasteiger partial charge in [0, 0.05) is 18.7 Å². The summed E-state index contributed by atoms with van der Waals surface area (Å²) in [5, 5.41) is 0. The highest BCUT2D eigenvalue weighted by Gasteiger charge is 2.17. The molecule has 0 bridgehead atoms. The predicted octanol–water partition coefficient (Wildman–Crippen LogP) is 4.24. The second kappa shape index (κ2) is 7.38. The van der Waals surface area contributed by atoms with Crippen molar-refractivity contribution in [3.63, 3.8) is 0 Å². The number of nitrogens with zero attached hydrogens (tertiary/aromatic N) is 2.